The normalized spacial score (nSPS) is 11.2. The molecule has 9 heteroatoms. The quantitative estimate of drug-likeness (QED) is 0.482. The van der Waals surface area contributed by atoms with Crippen molar-refractivity contribution in [2.75, 3.05) is 11.1 Å². The van der Waals surface area contributed by atoms with Crippen molar-refractivity contribution < 1.29 is 4.79 Å². The minimum absolute atomic E-state index is 0.170. The Kier molecular flexibility index (Phi) is 6.47. The minimum Gasteiger partial charge on any atom is -0.324 e. The summed E-state index contributed by atoms with van der Waals surface area (Å²) in [5.41, 5.74) is 1.54. The summed E-state index contributed by atoms with van der Waals surface area (Å²) in [6.45, 7) is 6.20. The van der Waals surface area contributed by atoms with E-state index in [1.165, 1.54) is 16.6 Å². The lowest BCUT2D eigenvalue weighted by molar-refractivity contribution is -0.113. The summed E-state index contributed by atoms with van der Waals surface area (Å²) in [7, 11) is 0. The number of aromatic nitrogens is 3. The molecule has 0 spiro atoms. The van der Waals surface area contributed by atoms with E-state index in [9.17, 15) is 4.79 Å². The number of carbonyl (C=O) groups is 1. The van der Waals surface area contributed by atoms with Crippen LogP contribution in [0.5, 0.6) is 0 Å². The van der Waals surface area contributed by atoms with Crippen LogP contribution in [0.2, 0.25) is 10.0 Å². The van der Waals surface area contributed by atoms with Crippen LogP contribution in [-0.2, 0) is 4.79 Å². The topological polar surface area (TPSA) is 59.8 Å². The minimum atomic E-state index is -0.185. The number of benzene rings is 1. The second-order valence-corrected chi connectivity index (χ2v) is 9.08. The summed E-state index contributed by atoms with van der Waals surface area (Å²) in [6.07, 6.45) is 0. The maximum atomic E-state index is 12.3. The number of nitrogens with zero attached hydrogens (tertiary/aromatic N) is 3. The first-order chi connectivity index (χ1) is 12.8. The Bertz CT molecular complexity index is 968. The molecule has 1 amide bonds. The molecule has 1 N–H and O–H groups in total. The SMILES string of the molecule is Cc1cc(-c2nnc(SCC(=O)Nc3cc(Cl)ccc3Cl)n2C(C)C)cs1. The number of anilines is 1. The van der Waals surface area contributed by atoms with E-state index in [0.29, 0.717) is 20.9 Å². The zero-order chi connectivity index (χ0) is 19.6. The van der Waals surface area contributed by atoms with Crippen molar-refractivity contribution in [3.63, 3.8) is 0 Å². The first kappa shape index (κ1) is 20.2. The molecule has 0 aliphatic heterocycles. The summed E-state index contributed by atoms with van der Waals surface area (Å²) in [6, 6.07) is 7.21. The second kappa shape index (κ2) is 8.65. The van der Waals surface area contributed by atoms with Crippen molar-refractivity contribution in [1.82, 2.24) is 14.8 Å². The van der Waals surface area contributed by atoms with Crippen LogP contribution < -0.4 is 5.32 Å². The fourth-order valence-electron chi connectivity index (χ4n) is 2.51. The van der Waals surface area contributed by atoms with Gasteiger partial charge in [-0.3, -0.25) is 9.36 Å². The van der Waals surface area contributed by atoms with E-state index in [4.69, 9.17) is 23.2 Å². The van der Waals surface area contributed by atoms with Crippen LogP contribution in [-0.4, -0.2) is 26.4 Å². The molecular weight excluding hydrogens is 423 g/mol. The Labute approximate surface area is 176 Å². The predicted molar refractivity (Wildman–Crippen MR) is 114 cm³/mol. The fourth-order valence-corrected chi connectivity index (χ4v) is 4.39. The molecule has 0 saturated carbocycles. The highest BCUT2D eigenvalue weighted by Crippen LogP contribution is 2.30. The van der Waals surface area contributed by atoms with Gasteiger partial charge in [-0.25, -0.2) is 0 Å². The van der Waals surface area contributed by atoms with E-state index in [2.05, 4.69) is 47.7 Å². The Balaban J connectivity index is 1.73. The van der Waals surface area contributed by atoms with Crippen LogP contribution in [0, 0.1) is 6.92 Å². The van der Waals surface area contributed by atoms with E-state index in [0.717, 1.165) is 11.4 Å². The smallest absolute Gasteiger partial charge is 0.234 e. The van der Waals surface area contributed by atoms with Crippen LogP contribution >= 0.6 is 46.3 Å². The zero-order valence-corrected chi connectivity index (χ0v) is 18.1. The third-order valence-electron chi connectivity index (χ3n) is 3.70. The van der Waals surface area contributed by atoms with Crippen molar-refractivity contribution in [2.24, 2.45) is 0 Å². The average molecular weight is 441 g/mol. The second-order valence-electron chi connectivity index (χ2n) is 6.18. The number of thioether (sulfide) groups is 1. The maximum absolute atomic E-state index is 12.3. The molecule has 0 aliphatic carbocycles. The molecule has 0 unspecified atom stereocenters. The summed E-state index contributed by atoms with van der Waals surface area (Å²) >= 11 is 15.1. The summed E-state index contributed by atoms with van der Waals surface area (Å²) in [5.74, 6) is 0.821. The third kappa shape index (κ3) is 4.85. The molecule has 1 aromatic carbocycles. The van der Waals surface area contributed by atoms with Crippen LogP contribution in [0.1, 0.15) is 24.8 Å². The van der Waals surface area contributed by atoms with E-state index >= 15 is 0 Å². The lowest BCUT2D eigenvalue weighted by Gasteiger charge is -2.13. The number of carbonyl (C=O) groups excluding carboxylic acids is 1. The van der Waals surface area contributed by atoms with E-state index in [1.54, 1.807) is 29.5 Å². The molecule has 3 aromatic rings. The van der Waals surface area contributed by atoms with Crippen LogP contribution in [0.4, 0.5) is 5.69 Å². The van der Waals surface area contributed by atoms with E-state index in [1.807, 2.05) is 4.57 Å². The standard InChI is InChI=1S/C18H18Cl2N4OS2/c1-10(2)24-17(12-6-11(3)26-8-12)22-23-18(24)27-9-16(25)21-15-7-13(19)4-5-14(15)20/h4-8,10H,9H2,1-3H3,(H,21,25). The van der Waals surface area contributed by atoms with Gasteiger partial charge in [-0.1, -0.05) is 35.0 Å². The molecule has 0 aliphatic rings. The van der Waals surface area contributed by atoms with Gasteiger partial charge in [0.05, 0.1) is 16.5 Å². The van der Waals surface area contributed by atoms with Gasteiger partial charge >= 0.3 is 0 Å². The predicted octanol–water partition coefficient (Wildman–Crippen LogP) is 5.93. The Morgan fingerprint density at radius 3 is 2.74 bits per heavy atom. The molecule has 5 nitrogen and oxygen atoms in total. The lowest BCUT2D eigenvalue weighted by Crippen LogP contribution is -2.15. The molecular formula is C18H18Cl2N4OS2. The van der Waals surface area contributed by atoms with Gasteiger partial charge in [-0.2, -0.15) is 0 Å². The molecule has 0 radical (unpaired) electrons. The number of amides is 1. The first-order valence-corrected chi connectivity index (χ1v) is 10.9. The van der Waals surface area contributed by atoms with Gasteiger partial charge < -0.3 is 5.32 Å². The van der Waals surface area contributed by atoms with Gasteiger partial charge in [-0.15, -0.1) is 21.5 Å². The summed E-state index contributed by atoms with van der Waals surface area (Å²) < 4.78 is 2.05. The number of rotatable bonds is 6. The Hall–Kier alpha value is -1.54. The van der Waals surface area contributed by atoms with Gasteiger partial charge in [0.1, 0.15) is 0 Å². The number of nitrogens with one attached hydrogen (secondary N) is 1. The molecule has 0 bridgehead atoms. The van der Waals surface area contributed by atoms with E-state index in [-0.39, 0.29) is 17.7 Å². The molecule has 27 heavy (non-hydrogen) atoms. The van der Waals surface area contributed by atoms with Crippen molar-refractivity contribution >= 4 is 57.9 Å². The molecule has 0 atom stereocenters. The Morgan fingerprint density at radius 1 is 1.30 bits per heavy atom. The number of hydrogen-bond donors (Lipinski definition) is 1. The van der Waals surface area contributed by atoms with Crippen molar-refractivity contribution in [1.29, 1.82) is 0 Å². The van der Waals surface area contributed by atoms with Crippen molar-refractivity contribution in [2.45, 2.75) is 32.0 Å². The highest BCUT2D eigenvalue weighted by Gasteiger charge is 2.18. The number of thiophene rings is 1. The summed E-state index contributed by atoms with van der Waals surface area (Å²) in [5, 5.41) is 15.1. The van der Waals surface area contributed by atoms with Crippen molar-refractivity contribution in [3.8, 4) is 11.4 Å². The fraction of sp³-hybridized carbons (Fsp3) is 0.278. The lowest BCUT2D eigenvalue weighted by atomic mass is 10.3. The van der Waals surface area contributed by atoms with Gasteiger partial charge in [-0.05, 0) is 45.0 Å². The monoisotopic (exact) mass is 440 g/mol. The van der Waals surface area contributed by atoms with Crippen LogP contribution in [0.15, 0.2) is 34.8 Å². The van der Waals surface area contributed by atoms with Gasteiger partial charge in [0.15, 0.2) is 11.0 Å². The highest BCUT2D eigenvalue weighted by atomic mass is 35.5. The number of halogens is 2. The highest BCUT2D eigenvalue weighted by molar-refractivity contribution is 7.99. The van der Waals surface area contributed by atoms with Gasteiger partial charge in [0.25, 0.3) is 0 Å². The maximum Gasteiger partial charge on any atom is 0.234 e. The van der Waals surface area contributed by atoms with Crippen molar-refractivity contribution in [3.05, 3.63) is 44.6 Å². The van der Waals surface area contributed by atoms with Gasteiger partial charge in [0, 0.05) is 26.9 Å². The molecule has 0 fully saturated rings. The largest absolute Gasteiger partial charge is 0.324 e. The Morgan fingerprint density at radius 2 is 2.07 bits per heavy atom. The molecule has 2 aromatic heterocycles. The zero-order valence-electron chi connectivity index (χ0n) is 15.0. The number of hydrogen-bond acceptors (Lipinski definition) is 5. The van der Waals surface area contributed by atoms with Crippen LogP contribution in [0.3, 0.4) is 0 Å². The summed E-state index contributed by atoms with van der Waals surface area (Å²) in [4.78, 5) is 13.5. The average Bonchev–Trinajstić information content (AvgIpc) is 3.22. The van der Waals surface area contributed by atoms with Gasteiger partial charge in [0.2, 0.25) is 5.91 Å². The molecule has 2 heterocycles. The number of aryl methyl sites for hydroxylation is 1. The molecule has 3 rings (SSSR count). The van der Waals surface area contributed by atoms with Crippen LogP contribution in [0.25, 0.3) is 11.4 Å². The van der Waals surface area contributed by atoms with E-state index < -0.39 is 0 Å². The first-order valence-electron chi connectivity index (χ1n) is 8.23. The third-order valence-corrected chi connectivity index (χ3v) is 6.07. The molecule has 0 saturated heterocycles. The molecule has 142 valence electrons.